The lowest BCUT2D eigenvalue weighted by Gasteiger charge is -2.24. The molecule has 1 aromatic carbocycles. The van der Waals surface area contributed by atoms with Gasteiger partial charge in [0.15, 0.2) is 5.96 Å². The maximum absolute atomic E-state index is 12.5. The molecule has 0 bridgehead atoms. The van der Waals surface area contributed by atoms with Crippen LogP contribution in [0.4, 0.5) is 8.78 Å². The molecule has 0 aromatic heterocycles. The maximum Gasteiger partial charge on any atom is 0.387 e. The van der Waals surface area contributed by atoms with Gasteiger partial charge in [0.2, 0.25) is 0 Å². The van der Waals surface area contributed by atoms with Crippen molar-refractivity contribution in [3.05, 3.63) is 29.3 Å². The average molecular weight is 343 g/mol. The molecule has 0 fully saturated rings. The highest BCUT2D eigenvalue weighted by Gasteiger charge is 2.16. The van der Waals surface area contributed by atoms with Crippen molar-refractivity contribution in [1.82, 2.24) is 10.6 Å². The van der Waals surface area contributed by atoms with Gasteiger partial charge in [0.1, 0.15) is 5.75 Å². The zero-order valence-corrected chi connectivity index (χ0v) is 15.0. The van der Waals surface area contributed by atoms with E-state index in [9.17, 15) is 8.78 Å². The van der Waals surface area contributed by atoms with E-state index in [4.69, 9.17) is 4.74 Å². The number of halogens is 2. The SMILES string of the molecule is CCNC(=NCc1cc(C)ccc1OC(F)F)NCC(C)(C)OC. The van der Waals surface area contributed by atoms with Gasteiger partial charge in [-0.25, -0.2) is 4.99 Å². The molecule has 0 saturated heterocycles. The minimum atomic E-state index is -2.86. The van der Waals surface area contributed by atoms with E-state index in [0.29, 0.717) is 24.6 Å². The number of alkyl halides is 2. The number of ether oxygens (including phenoxy) is 2. The van der Waals surface area contributed by atoms with Crippen LogP contribution in [-0.4, -0.2) is 38.4 Å². The molecular formula is C17H27F2N3O2. The Kier molecular flexibility index (Phi) is 7.91. The number of aryl methyl sites for hydroxylation is 1. The summed E-state index contributed by atoms with van der Waals surface area (Å²) in [5.74, 6) is 0.736. The quantitative estimate of drug-likeness (QED) is 0.563. The third-order valence-corrected chi connectivity index (χ3v) is 3.42. The largest absolute Gasteiger partial charge is 0.434 e. The van der Waals surface area contributed by atoms with E-state index in [-0.39, 0.29) is 17.9 Å². The summed E-state index contributed by atoms with van der Waals surface area (Å²) in [6.07, 6.45) is 0. The van der Waals surface area contributed by atoms with Crippen molar-refractivity contribution in [2.75, 3.05) is 20.2 Å². The lowest BCUT2D eigenvalue weighted by molar-refractivity contribution is -0.0504. The highest BCUT2D eigenvalue weighted by Crippen LogP contribution is 2.22. The van der Waals surface area contributed by atoms with E-state index in [1.165, 1.54) is 0 Å². The van der Waals surface area contributed by atoms with E-state index < -0.39 is 6.61 Å². The first-order chi connectivity index (χ1) is 11.3. The van der Waals surface area contributed by atoms with Crippen LogP contribution in [0.3, 0.4) is 0 Å². The standard InChI is InChI=1S/C17H27F2N3O2/c1-6-20-16(22-11-17(3,4)23-5)21-10-13-9-12(2)7-8-14(13)24-15(18)19/h7-9,15H,6,10-11H2,1-5H3,(H2,20,21,22). The summed E-state index contributed by atoms with van der Waals surface area (Å²) in [4.78, 5) is 4.44. The van der Waals surface area contributed by atoms with Crippen LogP contribution >= 0.6 is 0 Å². The Hall–Kier alpha value is -1.89. The predicted octanol–water partition coefficient (Wildman–Crippen LogP) is 3.08. The second kappa shape index (κ2) is 9.42. The Morgan fingerprint density at radius 2 is 2.00 bits per heavy atom. The Morgan fingerprint density at radius 3 is 2.58 bits per heavy atom. The van der Waals surface area contributed by atoms with Gasteiger partial charge in [-0.05, 0) is 33.8 Å². The number of guanidine groups is 1. The smallest absolute Gasteiger partial charge is 0.387 e. The van der Waals surface area contributed by atoms with Crippen molar-refractivity contribution in [3.63, 3.8) is 0 Å². The van der Waals surface area contributed by atoms with Crippen LogP contribution in [0, 0.1) is 6.92 Å². The third kappa shape index (κ3) is 7.12. The number of nitrogens with zero attached hydrogens (tertiary/aromatic N) is 1. The first-order valence-corrected chi connectivity index (χ1v) is 7.89. The van der Waals surface area contributed by atoms with Crippen molar-refractivity contribution in [3.8, 4) is 5.75 Å². The number of aliphatic imine (C=N–C) groups is 1. The fourth-order valence-corrected chi connectivity index (χ4v) is 1.92. The van der Waals surface area contributed by atoms with Gasteiger partial charge in [0.25, 0.3) is 0 Å². The summed E-state index contributed by atoms with van der Waals surface area (Å²) in [6, 6.07) is 5.07. The fraction of sp³-hybridized carbons (Fsp3) is 0.588. The number of rotatable bonds is 8. The van der Waals surface area contributed by atoms with E-state index in [1.54, 1.807) is 25.3 Å². The van der Waals surface area contributed by atoms with Gasteiger partial charge < -0.3 is 20.1 Å². The molecule has 0 spiro atoms. The third-order valence-electron chi connectivity index (χ3n) is 3.42. The van der Waals surface area contributed by atoms with Gasteiger partial charge in [-0.15, -0.1) is 0 Å². The van der Waals surface area contributed by atoms with E-state index >= 15 is 0 Å². The zero-order valence-electron chi connectivity index (χ0n) is 15.0. The molecule has 0 atom stereocenters. The van der Waals surface area contributed by atoms with Crippen molar-refractivity contribution in [2.45, 2.75) is 46.5 Å². The van der Waals surface area contributed by atoms with Crippen LogP contribution in [0.1, 0.15) is 31.9 Å². The first-order valence-electron chi connectivity index (χ1n) is 7.89. The Balaban J connectivity index is 2.87. The summed E-state index contributed by atoms with van der Waals surface area (Å²) in [5.41, 5.74) is 1.22. The minimum Gasteiger partial charge on any atom is -0.434 e. The molecule has 0 aliphatic rings. The van der Waals surface area contributed by atoms with Gasteiger partial charge in [0, 0.05) is 25.8 Å². The van der Waals surface area contributed by atoms with Gasteiger partial charge in [0.05, 0.1) is 12.1 Å². The number of methoxy groups -OCH3 is 1. The highest BCUT2D eigenvalue weighted by molar-refractivity contribution is 5.79. The fourth-order valence-electron chi connectivity index (χ4n) is 1.92. The van der Waals surface area contributed by atoms with Gasteiger partial charge >= 0.3 is 6.61 Å². The van der Waals surface area contributed by atoms with Crippen LogP contribution < -0.4 is 15.4 Å². The van der Waals surface area contributed by atoms with Gasteiger partial charge in [-0.3, -0.25) is 0 Å². The molecular weight excluding hydrogens is 316 g/mol. The maximum atomic E-state index is 12.5. The number of nitrogens with one attached hydrogen (secondary N) is 2. The number of hydrogen-bond acceptors (Lipinski definition) is 3. The normalized spacial score (nSPS) is 12.4. The topological polar surface area (TPSA) is 54.9 Å². The first kappa shape index (κ1) is 20.2. The molecule has 24 heavy (non-hydrogen) atoms. The van der Waals surface area contributed by atoms with E-state index in [2.05, 4.69) is 20.4 Å². The number of hydrogen-bond donors (Lipinski definition) is 2. The van der Waals surface area contributed by atoms with E-state index in [0.717, 1.165) is 5.56 Å². The molecule has 0 heterocycles. The van der Waals surface area contributed by atoms with Crippen LogP contribution in [0.5, 0.6) is 5.75 Å². The van der Waals surface area contributed by atoms with Gasteiger partial charge in [-0.1, -0.05) is 17.7 Å². The second-order valence-corrected chi connectivity index (χ2v) is 6.00. The monoisotopic (exact) mass is 343 g/mol. The summed E-state index contributed by atoms with van der Waals surface area (Å²) < 4.78 is 34.9. The molecule has 0 aliphatic heterocycles. The van der Waals surface area contributed by atoms with Crippen molar-refractivity contribution in [2.24, 2.45) is 4.99 Å². The molecule has 7 heteroatoms. The zero-order chi connectivity index (χ0) is 18.2. The number of benzene rings is 1. The molecule has 0 amide bonds. The lowest BCUT2D eigenvalue weighted by atomic mass is 10.1. The molecule has 2 N–H and O–H groups in total. The summed E-state index contributed by atoms with van der Waals surface area (Å²) in [7, 11) is 1.65. The highest BCUT2D eigenvalue weighted by atomic mass is 19.3. The second-order valence-electron chi connectivity index (χ2n) is 6.00. The molecule has 0 radical (unpaired) electrons. The molecule has 5 nitrogen and oxygen atoms in total. The molecule has 1 rings (SSSR count). The summed E-state index contributed by atoms with van der Waals surface area (Å²) >= 11 is 0. The summed E-state index contributed by atoms with van der Waals surface area (Å²) in [5, 5.41) is 6.30. The Labute approximate surface area is 142 Å². The Bertz CT molecular complexity index is 549. The van der Waals surface area contributed by atoms with Gasteiger partial charge in [-0.2, -0.15) is 8.78 Å². The predicted molar refractivity (Wildman–Crippen MR) is 91.7 cm³/mol. The van der Waals surface area contributed by atoms with Crippen molar-refractivity contribution >= 4 is 5.96 Å². The molecule has 136 valence electrons. The van der Waals surface area contributed by atoms with Crippen LogP contribution in [-0.2, 0) is 11.3 Å². The molecule has 0 aliphatic carbocycles. The average Bonchev–Trinajstić information content (AvgIpc) is 2.52. The van der Waals surface area contributed by atoms with Crippen LogP contribution in [0.25, 0.3) is 0 Å². The van der Waals surface area contributed by atoms with Crippen molar-refractivity contribution in [1.29, 1.82) is 0 Å². The lowest BCUT2D eigenvalue weighted by Crippen LogP contribution is -2.45. The summed E-state index contributed by atoms with van der Waals surface area (Å²) in [6.45, 7) is 6.38. The Morgan fingerprint density at radius 1 is 1.29 bits per heavy atom. The molecule has 0 unspecified atom stereocenters. The van der Waals surface area contributed by atoms with Crippen LogP contribution in [0.2, 0.25) is 0 Å². The molecule has 1 aromatic rings. The van der Waals surface area contributed by atoms with E-state index in [1.807, 2.05) is 27.7 Å². The van der Waals surface area contributed by atoms with Crippen LogP contribution in [0.15, 0.2) is 23.2 Å². The van der Waals surface area contributed by atoms with Crippen molar-refractivity contribution < 1.29 is 18.3 Å². The molecule has 0 saturated carbocycles. The minimum absolute atomic E-state index is 0.146.